The van der Waals surface area contributed by atoms with Crippen molar-refractivity contribution in [3.8, 4) is 11.8 Å². The summed E-state index contributed by atoms with van der Waals surface area (Å²) in [5.74, 6) is 1.27. The van der Waals surface area contributed by atoms with Gasteiger partial charge in [0.15, 0.2) is 5.82 Å². The quantitative estimate of drug-likeness (QED) is 0.657. The van der Waals surface area contributed by atoms with Crippen LogP contribution in [-0.2, 0) is 4.74 Å². The highest BCUT2D eigenvalue weighted by Crippen LogP contribution is 2.26. The van der Waals surface area contributed by atoms with Gasteiger partial charge in [-0.3, -0.25) is 4.57 Å². The molecule has 0 saturated carbocycles. The Morgan fingerprint density at radius 3 is 2.43 bits per heavy atom. The minimum Gasteiger partial charge on any atom is -0.378 e. The number of morpholine rings is 1. The average Bonchev–Trinajstić information content (AvgIpc) is 3.19. The number of para-hydroxylation sites is 1. The molecular formula is C22H21N5O. The number of hydrogen-bond acceptors (Lipinski definition) is 5. The molecule has 0 atom stereocenters. The minimum absolute atomic E-state index is 0.472. The first-order chi connectivity index (χ1) is 13.8. The molecule has 28 heavy (non-hydrogen) atoms. The number of aryl methyl sites for hydroxylation is 1. The van der Waals surface area contributed by atoms with E-state index in [1.807, 2.05) is 72.2 Å². The van der Waals surface area contributed by atoms with Crippen molar-refractivity contribution in [3.05, 3.63) is 71.5 Å². The standard InChI is InChI=1S/C22H21N5O/c1-17-7-9-18(10-8-17)15-19(16-23)21-24-25-22(26-11-13-28-14-12-26)27(21)20-5-3-2-4-6-20/h2-10,15H,11-14H2,1H3. The molecule has 140 valence electrons. The number of nitrogens with zero attached hydrogens (tertiary/aromatic N) is 5. The van der Waals surface area contributed by atoms with Crippen LogP contribution >= 0.6 is 0 Å². The van der Waals surface area contributed by atoms with E-state index < -0.39 is 0 Å². The molecule has 1 aliphatic heterocycles. The molecule has 0 radical (unpaired) electrons. The lowest BCUT2D eigenvalue weighted by Gasteiger charge is -2.28. The summed E-state index contributed by atoms with van der Waals surface area (Å²) in [6.07, 6.45) is 1.85. The van der Waals surface area contributed by atoms with Crippen molar-refractivity contribution in [1.82, 2.24) is 14.8 Å². The molecule has 3 aromatic rings. The largest absolute Gasteiger partial charge is 0.378 e. The summed E-state index contributed by atoms with van der Waals surface area (Å²) in [6.45, 7) is 4.84. The van der Waals surface area contributed by atoms with Crippen LogP contribution < -0.4 is 4.90 Å². The summed E-state index contributed by atoms with van der Waals surface area (Å²) in [7, 11) is 0. The van der Waals surface area contributed by atoms with E-state index in [-0.39, 0.29) is 0 Å². The lowest BCUT2D eigenvalue weighted by molar-refractivity contribution is 0.122. The van der Waals surface area contributed by atoms with Crippen molar-refractivity contribution in [3.63, 3.8) is 0 Å². The molecule has 6 nitrogen and oxygen atoms in total. The van der Waals surface area contributed by atoms with E-state index in [9.17, 15) is 5.26 Å². The van der Waals surface area contributed by atoms with Crippen LogP contribution in [0.1, 0.15) is 17.0 Å². The third-order valence-electron chi connectivity index (χ3n) is 4.70. The fourth-order valence-electron chi connectivity index (χ4n) is 3.21. The van der Waals surface area contributed by atoms with E-state index in [4.69, 9.17) is 4.74 Å². The number of allylic oxidation sites excluding steroid dienone is 1. The molecule has 0 bridgehead atoms. The topological polar surface area (TPSA) is 67.0 Å². The molecule has 1 fully saturated rings. The van der Waals surface area contributed by atoms with Gasteiger partial charge in [-0.15, -0.1) is 10.2 Å². The molecular weight excluding hydrogens is 350 g/mol. The van der Waals surface area contributed by atoms with Crippen LogP contribution in [0.2, 0.25) is 0 Å². The minimum atomic E-state index is 0.472. The summed E-state index contributed by atoms with van der Waals surface area (Å²) < 4.78 is 7.42. The SMILES string of the molecule is Cc1ccc(C=C(C#N)c2nnc(N3CCOCC3)n2-c2ccccc2)cc1. The zero-order valence-electron chi connectivity index (χ0n) is 15.7. The Morgan fingerprint density at radius 1 is 1.04 bits per heavy atom. The van der Waals surface area contributed by atoms with Crippen molar-refractivity contribution in [2.45, 2.75) is 6.92 Å². The molecule has 6 heteroatoms. The molecule has 1 aromatic heterocycles. The second kappa shape index (κ2) is 8.07. The number of benzene rings is 2. The lowest BCUT2D eigenvalue weighted by Crippen LogP contribution is -2.38. The normalized spacial score (nSPS) is 14.7. The fraction of sp³-hybridized carbons (Fsp3) is 0.227. The van der Waals surface area contributed by atoms with Gasteiger partial charge in [0.05, 0.1) is 24.5 Å². The van der Waals surface area contributed by atoms with Gasteiger partial charge in [-0.1, -0.05) is 48.0 Å². The van der Waals surface area contributed by atoms with Crippen LogP contribution in [-0.4, -0.2) is 41.1 Å². The van der Waals surface area contributed by atoms with Gasteiger partial charge >= 0.3 is 0 Å². The summed E-state index contributed by atoms with van der Waals surface area (Å²) in [5, 5.41) is 18.7. The van der Waals surface area contributed by atoms with E-state index in [0.29, 0.717) is 24.6 Å². The van der Waals surface area contributed by atoms with Gasteiger partial charge in [-0.05, 0) is 30.7 Å². The van der Waals surface area contributed by atoms with Gasteiger partial charge in [0.25, 0.3) is 0 Å². The molecule has 0 N–H and O–H groups in total. The van der Waals surface area contributed by atoms with E-state index >= 15 is 0 Å². The highest BCUT2D eigenvalue weighted by atomic mass is 16.5. The molecule has 0 spiro atoms. The maximum atomic E-state index is 9.85. The Kier molecular flexibility index (Phi) is 5.18. The maximum Gasteiger partial charge on any atom is 0.232 e. The fourth-order valence-corrected chi connectivity index (χ4v) is 3.21. The monoisotopic (exact) mass is 371 g/mol. The lowest BCUT2D eigenvalue weighted by atomic mass is 10.1. The van der Waals surface area contributed by atoms with Crippen molar-refractivity contribution in [2.75, 3.05) is 31.2 Å². The van der Waals surface area contributed by atoms with Crippen LogP contribution in [0.3, 0.4) is 0 Å². The van der Waals surface area contributed by atoms with Crippen LogP contribution in [0, 0.1) is 18.3 Å². The molecule has 2 heterocycles. The van der Waals surface area contributed by atoms with Gasteiger partial charge in [0, 0.05) is 13.1 Å². The summed E-state index contributed by atoms with van der Waals surface area (Å²) in [4.78, 5) is 2.15. The third kappa shape index (κ3) is 3.66. The number of aromatic nitrogens is 3. The Labute approximate surface area is 164 Å². The predicted octanol–water partition coefficient (Wildman–Crippen LogP) is 3.48. The number of rotatable bonds is 4. The summed E-state index contributed by atoms with van der Waals surface area (Å²) in [6, 6.07) is 20.3. The van der Waals surface area contributed by atoms with Gasteiger partial charge in [0.1, 0.15) is 6.07 Å². The molecule has 2 aromatic carbocycles. The molecule has 0 amide bonds. The van der Waals surface area contributed by atoms with Crippen LogP contribution in [0.4, 0.5) is 5.95 Å². The van der Waals surface area contributed by atoms with E-state index in [1.165, 1.54) is 5.56 Å². The van der Waals surface area contributed by atoms with E-state index in [1.54, 1.807) is 0 Å². The predicted molar refractivity (Wildman–Crippen MR) is 109 cm³/mol. The highest BCUT2D eigenvalue weighted by molar-refractivity contribution is 5.88. The number of ether oxygens (including phenoxy) is 1. The number of anilines is 1. The Morgan fingerprint density at radius 2 is 1.75 bits per heavy atom. The first-order valence-electron chi connectivity index (χ1n) is 9.28. The highest BCUT2D eigenvalue weighted by Gasteiger charge is 2.23. The zero-order chi connectivity index (χ0) is 19.3. The molecule has 1 aliphatic rings. The third-order valence-corrected chi connectivity index (χ3v) is 4.70. The Hall–Kier alpha value is -3.43. The van der Waals surface area contributed by atoms with Crippen molar-refractivity contribution < 1.29 is 4.74 Å². The van der Waals surface area contributed by atoms with E-state index in [2.05, 4.69) is 21.2 Å². The average molecular weight is 371 g/mol. The van der Waals surface area contributed by atoms with Crippen molar-refractivity contribution >= 4 is 17.6 Å². The maximum absolute atomic E-state index is 9.85. The van der Waals surface area contributed by atoms with Crippen LogP contribution in [0.25, 0.3) is 17.3 Å². The van der Waals surface area contributed by atoms with Crippen molar-refractivity contribution in [2.24, 2.45) is 0 Å². The van der Waals surface area contributed by atoms with Gasteiger partial charge in [-0.2, -0.15) is 5.26 Å². The van der Waals surface area contributed by atoms with Crippen LogP contribution in [0.15, 0.2) is 54.6 Å². The Balaban J connectivity index is 1.82. The first-order valence-corrected chi connectivity index (χ1v) is 9.28. The van der Waals surface area contributed by atoms with Gasteiger partial charge < -0.3 is 9.64 Å². The van der Waals surface area contributed by atoms with Gasteiger partial charge in [-0.25, -0.2) is 0 Å². The summed E-state index contributed by atoms with van der Waals surface area (Å²) in [5.41, 5.74) is 3.53. The second-order valence-electron chi connectivity index (χ2n) is 6.67. The molecule has 4 rings (SSSR count). The second-order valence-corrected chi connectivity index (χ2v) is 6.67. The number of hydrogen-bond donors (Lipinski definition) is 0. The Bertz CT molecular complexity index is 1010. The van der Waals surface area contributed by atoms with E-state index in [0.717, 1.165) is 30.3 Å². The molecule has 0 aliphatic carbocycles. The van der Waals surface area contributed by atoms with Crippen LogP contribution in [0.5, 0.6) is 0 Å². The summed E-state index contributed by atoms with van der Waals surface area (Å²) >= 11 is 0. The smallest absolute Gasteiger partial charge is 0.232 e. The van der Waals surface area contributed by atoms with Gasteiger partial charge in [0.2, 0.25) is 5.95 Å². The zero-order valence-corrected chi connectivity index (χ0v) is 15.7. The molecule has 1 saturated heterocycles. The molecule has 0 unspecified atom stereocenters. The first kappa shape index (κ1) is 18.0. The van der Waals surface area contributed by atoms with Crippen molar-refractivity contribution in [1.29, 1.82) is 5.26 Å². The number of nitriles is 1.